The molecule has 0 radical (unpaired) electrons. The zero-order valence-corrected chi connectivity index (χ0v) is 19.2. The Morgan fingerprint density at radius 1 is 1.03 bits per heavy atom. The molecule has 0 N–H and O–H groups in total. The van der Waals surface area contributed by atoms with Crippen molar-refractivity contribution in [3.63, 3.8) is 0 Å². The molecule has 3 aromatic rings. The van der Waals surface area contributed by atoms with Gasteiger partial charge in [0.05, 0.1) is 11.7 Å². The highest BCUT2D eigenvalue weighted by Gasteiger charge is 2.32. The van der Waals surface area contributed by atoms with Crippen molar-refractivity contribution in [3.05, 3.63) is 54.4 Å². The van der Waals surface area contributed by atoms with Crippen molar-refractivity contribution in [3.8, 4) is 11.6 Å². The second-order valence-electron chi connectivity index (χ2n) is 9.28. The smallest absolute Gasteiger partial charge is 0.253 e. The van der Waals surface area contributed by atoms with Crippen LogP contribution >= 0.6 is 0 Å². The third-order valence-electron chi connectivity index (χ3n) is 6.82. The van der Waals surface area contributed by atoms with Crippen LogP contribution in [-0.2, 0) is 4.79 Å². The van der Waals surface area contributed by atoms with Crippen LogP contribution in [0.25, 0.3) is 16.7 Å². The maximum atomic E-state index is 12.4. The van der Waals surface area contributed by atoms with Gasteiger partial charge in [0.25, 0.3) is 5.91 Å². The van der Waals surface area contributed by atoms with E-state index in [0.29, 0.717) is 11.5 Å². The minimum Gasteiger partial charge on any atom is -0.489 e. The Kier molecular flexibility index (Phi) is 5.79. The van der Waals surface area contributed by atoms with Crippen molar-refractivity contribution >= 4 is 22.7 Å². The molecule has 0 unspecified atom stereocenters. The number of hydrogen-bond donors (Lipinski definition) is 0. The van der Waals surface area contributed by atoms with Gasteiger partial charge in [0.2, 0.25) is 5.91 Å². The molecule has 1 aliphatic heterocycles. The van der Waals surface area contributed by atoms with E-state index in [0.717, 1.165) is 61.2 Å². The number of fused-ring (bicyclic) bond motifs is 1. The fraction of sp³-hybridized carbons (Fsp3) is 0.423. The Balaban J connectivity index is 1.22. The highest BCUT2D eigenvalue weighted by atomic mass is 16.5. The Hall–Kier alpha value is -3.35. The third-order valence-corrected chi connectivity index (χ3v) is 6.82. The lowest BCUT2D eigenvalue weighted by Crippen LogP contribution is -2.45. The molecule has 1 aliphatic carbocycles. The lowest BCUT2D eigenvalue weighted by Gasteiger charge is -2.36. The second-order valence-corrected chi connectivity index (χ2v) is 9.28. The van der Waals surface area contributed by atoms with Gasteiger partial charge in [-0.05, 0) is 49.2 Å². The van der Waals surface area contributed by atoms with Crippen molar-refractivity contribution in [2.24, 2.45) is 5.92 Å². The van der Waals surface area contributed by atoms with Crippen LogP contribution < -0.4 is 4.74 Å². The molecule has 2 aromatic heterocycles. The molecule has 2 amide bonds. The fourth-order valence-electron chi connectivity index (χ4n) is 4.62. The van der Waals surface area contributed by atoms with Gasteiger partial charge in [0.1, 0.15) is 17.7 Å². The Morgan fingerprint density at radius 2 is 1.82 bits per heavy atom. The Labute approximate surface area is 193 Å². The van der Waals surface area contributed by atoms with E-state index in [4.69, 9.17) is 4.74 Å². The van der Waals surface area contributed by atoms with E-state index in [9.17, 15) is 9.59 Å². The second kappa shape index (κ2) is 8.89. The third kappa shape index (κ3) is 4.32. The first-order chi connectivity index (χ1) is 16.0. The number of aromatic nitrogens is 2. The number of amides is 2. The highest BCUT2D eigenvalue weighted by Crippen LogP contribution is 2.30. The summed E-state index contributed by atoms with van der Waals surface area (Å²) in [6.07, 6.45) is 8.85. The molecule has 3 heterocycles. The molecule has 172 valence electrons. The maximum absolute atomic E-state index is 12.4. The zero-order valence-electron chi connectivity index (χ0n) is 19.2. The fourth-order valence-corrected chi connectivity index (χ4v) is 4.62. The van der Waals surface area contributed by atoms with E-state index < -0.39 is 0 Å². The van der Waals surface area contributed by atoms with Crippen LogP contribution in [0.2, 0.25) is 0 Å². The van der Waals surface area contributed by atoms with E-state index in [1.807, 2.05) is 52.1 Å². The van der Waals surface area contributed by atoms with Gasteiger partial charge in [-0.15, -0.1) is 0 Å². The van der Waals surface area contributed by atoms with Gasteiger partial charge in [0.15, 0.2) is 0 Å². The van der Waals surface area contributed by atoms with Crippen molar-refractivity contribution in [1.82, 2.24) is 19.4 Å². The average Bonchev–Trinajstić information content (AvgIpc) is 3.21. The standard InChI is InChI=1S/C26H30N4O3/c1-28(2)25(31)20-6-8-23-19(16-20)10-15-30(23)24-9-7-22(17-27-24)33-21-11-13-29(14-12-21)26(32)18-4-3-5-18/h6-10,15-18,21H,3-5,11-14H2,1-2H3. The number of pyridine rings is 1. The summed E-state index contributed by atoms with van der Waals surface area (Å²) in [5.41, 5.74) is 1.66. The van der Waals surface area contributed by atoms with Gasteiger partial charge >= 0.3 is 0 Å². The molecule has 1 aromatic carbocycles. The first-order valence-corrected chi connectivity index (χ1v) is 11.7. The van der Waals surface area contributed by atoms with E-state index in [1.165, 1.54) is 6.42 Å². The summed E-state index contributed by atoms with van der Waals surface area (Å²) in [4.78, 5) is 32.9. The number of piperidine rings is 1. The molecule has 0 atom stereocenters. The number of likely N-dealkylation sites (tertiary alicyclic amines) is 1. The summed E-state index contributed by atoms with van der Waals surface area (Å²) < 4.78 is 8.16. The minimum absolute atomic E-state index is 0.0116. The number of hydrogen-bond acceptors (Lipinski definition) is 4. The van der Waals surface area contributed by atoms with Crippen molar-refractivity contribution < 1.29 is 14.3 Å². The number of ether oxygens (including phenoxy) is 1. The van der Waals surface area contributed by atoms with Crippen molar-refractivity contribution in [2.45, 2.75) is 38.2 Å². The normalized spacial score (nSPS) is 17.1. The van der Waals surface area contributed by atoms with Gasteiger partial charge in [-0.25, -0.2) is 4.98 Å². The molecule has 33 heavy (non-hydrogen) atoms. The zero-order chi connectivity index (χ0) is 22.9. The summed E-state index contributed by atoms with van der Waals surface area (Å²) in [5.74, 6) is 2.14. The molecule has 0 bridgehead atoms. The highest BCUT2D eigenvalue weighted by molar-refractivity contribution is 5.98. The summed E-state index contributed by atoms with van der Waals surface area (Å²) in [5, 5.41) is 0.994. The summed E-state index contributed by atoms with van der Waals surface area (Å²) in [6.45, 7) is 1.55. The summed E-state index contributed by atoms with van der Waals surface area (Å²) in [6, 6.07) is 11.6. The Morgan fingerprint density at radius 3 is 2.45 bits per heavy atom. The van der Waals surface area contributed by atoms with Gasteiger partial charge < -0.3 is 19.1 Å². The van der Waals surface area contributed by atoms with Gasteiger partial charge in [0, 0.05) is 63.1 Å². The van der Waals surface area contributed by atoms with Gasteiger partial charge in [-0.3, -0.25) is 9.59 Å². The molecule has 0 spiro atoms. The van der Waals surface area contributed by atoms with E-state index in [1.54, 1.807) is 25.2 Å². The molecule has 7 nitrogen and oxygen atoms in total. The van der Waals surface area contributed by atoms with Gasteiger partial charge in [-0.2, -0.15) is 0 Å². The Bertz CT molecular complexity index is 1160. The van der Waals surface area contributed by atoms with Crippen LogP contribution in [0.5, 0.6) is 5.75 Å². The van der Waals surface area contributed by atoms with Crippen LogP contribution in [-0.4, -0.2) is 64.5 Å². The molecule has 2 fully saturated rings. The molecule has 5 rings (SSSR count). The van der Waals surface area contributed by atoms with E-state index in [2.05, 4.69) is 4.98 Å². The molecule has 1 saturated heterocycles. The largest absolute Gasteiger partial charge is 0.489 e. The number of benzene rings is 1. The van der Waals surface area contributed by atoms with Crippen LogP contribution in [0, 0.1) is 5.92 Å². The number of carbonyl (C=O) groups excluding carboxylic acids is 2. The average molecular weight is 447 g/mol. The first-order valence-electron chi connectivity index (χ1n) is 11.7. The van der Waals surface area contributed by atoms with E-state index >= 15 is 0 Å². The lowest BCUT2D eigenvalue weighted by atomic mass is 9.84. The minimum atomic E-state index is -0.0116. The molecular formula is C26H30N4O3. The summed E-state index contributed by atoms with van der Waals surface area (Å²) >= 11 is 0. The topological polar surface area (TPSA) is 67.7 Å². The van der Waals surface area contributed by atoms with Crippen molar-refractivity contribution in [2.75, 3.05) is 27.2 Å². The van der Waals surface area contributed by atoms with Crippen LogP contribution in [0.4, 0.5) is 0 Å². The SMILES string of the molecule is CN(C)C(=O)c1ccc2c(ccn2-c2ccc(OC3CCN(C(=O)C4CCC4)CC3)cn2)c1. The number of carbonyl (C=O) groups is 2. The molecule has 7 heteroatoms. The monoisotopic (exact) mass is 446 g/mol. The summed E-state index contributed by atoms with van der Waals surface area (Å²) in [7, 11) is 3.51. The predicted molar refractivity (Wildman–Crippen MR) is 127 cm³/mol. The molecular weight excluding hydrogens is 416 g/mol. The predicted octanol–water partition coefficient (Wildman–Crippen LogP) is 3.90. The van der Waals surface area contributed by atoms with Crippen LogP contribution in [0.15, 0.2) is 48.8 Å². The van der Waals surface area contributed by atoms with E-state index in [-0.39, 0.29) is 17.9 Å². The number of nitrogens with zero attached hydrogens (tertiary/aromatic N) is 4. The maximum Gasteiger partial charge on any atom is 0.253 e. The van der Waals surface area contributed by atoms with Gasteiger partial charge in [-0.1, -0.05) is 6.42 Å². The van der Waals surface area contributed by atoms with Crippen LogP contribution in [0.3, 0.4) is 0 Å². The van der Waals surface area contributed by atoms with Crippen LogP contribution in [0.1, 0.15) is 42.5 Å². The quantitative estimate of drug-likeness (QED) is 0.596. The van der Waals surface area contributed by atoms with Crippen molar-refractivity contribution in [1.29, 1.82) is 0 Å². The first kappa shape index (κ1) is 21.5. The molecule has 2 aliphatic rings. The molecule has 1 saturated carbocycles. The lowest BCUT2D eigenvalue weighted by molar-refractivity contribution is -0.140. The number of rotatable bonds is 5.